The Morgan fingerprint density at radius 1 is 1.29 bits per heavy atom. The van der Waals surface area contributed by atoms with E-state index in [4.69, 9.17) is 9.26 Å². The third-order valence-electron chi connectivity index (χ3n) is 4.17. The van der Waals surface area contributed by atoms with Crippen LogP contribution in [0.15, 0.2) is 34.9 Å². The molecule has 0 saturated heterocycles. The van der Waals surface area contributed by atoms with Crippen LogP contribution in [0.3, 0.4) is 0 Å². The lowest BCUT2D eigenvalue weighted by molar-refractivity contribution is -0.116. The number of aryl methyl sites for hydroxylation is 1. The number of fused-ring (bicyclic) bond motifs is 1. The predicted molar refractivity (Wildman–Crippen MR) is 86.9 cm³/mol. The summed E-state index contributed by atoms with van der Waals surface area (Å²) in [5.74, 6) is 1.68. The summed E-state index contributed by atoms with van der Waals surface area (Å²) < 4.78 is 10.6. The maximum Gasteiger partial charge on any atom is 0.226 e. The van der Waals surface area contributed by atoms with Crippen LogP contribution in [0.4, 0.5) is 5.82 Å². The van der Waals surface area contributed by atoms with Crippen molar-refractivity contribution in [3.05, 3.63) is 47.3 Å². The number of H-pyrrole nitrogens is 1. The number of amides is 1. The van der Waals surface area contributed by atoms with Gasteiger partial charge >= 0.3 is 0 Å². The Balaban J connectivity index is 1.82. The fourth-order valence-corrected chi connectivity index (χ4v) is 3.02. The lowest BCUT2D eigenvalue weighted by atomic mass is 9.88. The molecule has 0 fully saturated rings. The zero-order chi connectivity index (χ0) is 16.7. The second-order valence-corrected chi connectivity index (χ2v) is 5.76. The number of carbonyl (C=O) groups excluding carboxylic acids is 1. The molecule has 0 radical (unpaired) electrons. The van der Waals surface area contributed by atoms with Crippen LogP contribution < -0.4 is 10.1 Å². The second kappa shape index (κ2) is 5.52. The Labute approximate surface area is 138 Å². The molecule has 1 atom stereocenters. The van der Waals surface area contributed by atoms with Gasteiger partial charge in [-0.05, 0) is 31.2 Å². The number of nitrogens with one attached hydrogen (secondary N) is 2. The minimum atomic E-state index is -0.217. The van der Waals surface area contributed by atoms with Crippen molar-refractivity contribution in [2.45, 2.75) is 19.3 Å². The van der Waals surface area contributed by atoms with Crippen LogP contribution in [-0.2, 0) is 4.79 Å². The number of hydrogen-bond donors (Lipinski definition) is 2. The number of carbonyl (C=O) groups is 1. The van der Waals surface area contributed by atoms with Crippen molar-refractivity contribution in [2.24, 2.45) is 0 Å². The van der Waals surface area contributed by atoms with Crippen molar-refractivity contribution in [1.29, 1.82) is 0 Å². The Morgan fingerprint density at radius 3 is 2.75 bits per heavy atom. The number of aromatic nitrogens is 3. The Bertz CT molecular complexity index is 895. The molecule has 1 amide bonds. The highest BCUT2D eigenvalue weighted by Gasteiger charge is 2.34. The zero-order valence-electron chi connectivity index (χ0n) is 13.3. The zero-order valence-corrected chi connectivity index (χ0v) is 13.3. The van der Waals surface area contributed by atoms with Crippen LogP contribution in [0.1, 0.15) is 29.4 Å². The van der Waals surface area contributed by atoms with E-state index in [1.165, 1.54) is 0 Å². The average molecular weight is 324 g/mol. The van der Waals surface area contributed by atoms with Crippen molar-refractivity contribution in [2.75, 3.05) is 12.4 Å². The first-order valence-electron chi connectivity index (χ1n) is 7.61. The van der Waals surface area contributed by atoms with Crippen LogP contribution in [0.5, 0.6) is 5.75 Å². The van der Waals surface area contributed by atoms with Gasteiger partial charge in [-0.15, -0.1) is 0 Å². The number of anilines is 1. The van der Waals surface area contributed by atoms with Crippen molar-refractivity contribution in [1.82, 2.24) is 15.4 Å². The fraction of sp³-hybridized carbons (Fsp3) is 0.235. The van der Waals surface area contributed by atoms with Gasteiger partial charge in [-0.2, -0.15) is 5.10 Å². The quantitative estimate of drug-likeness (QED) is 0.773. The van der Waals surface area contributed by atoms with E-state index in [-0.39, 0.29) is 11.8 Å². The lowest BCUT2D eigenvalue weighted by Crippen LogP contribution is -2.23. The number of ether oxygens (including phenoxy) is 1. The maximum atomic E-state index is 12.0. The van der Waals surface area contributed by atoms with E-state index in [0.717, 1.165) is 28.3 Å². The smallest absolute Gasteiger partial charge is 0.226 e. The van der Waals surface area contributed by atoms with E-state index in [1.807, 2.05) is 37.3 Å². The van der Waals surface area contributed by atoms with Crippen molar-refractivity contribution < 1.29 is 14.1 Å². The molecule has 4 rings (SSSR count). The van der Waals surface area contributed by atoms with Gasteiger partial charge < -0.3 is 14.6 Å². The first-order valence-corrected chi connectivity index (χ1v) is 7.61. The molecule has 2 aromatic heterocycles. The molecule has 1 aliphatic heterocycles. The highest BCUT2D eigenvalue weighted by molar-refractivity contribution is 5.95. The number of rotatable bonds is 3. The highest BCUT2D eigenvalue weighted by atomic mass is 16.5. The third kappa shape index (κ3) is 2.34. The number of aromatic amines is 1. The molecule has 0 bridgehead atoms. The molecule has 7 heteroatoms. The van der Waals surface area contributed by atoms with Crippen molar-refractivity contribution in [3.8, 4) is 17.0 Å². The SMILES string of the molecule is COc1ccc(-c2[nH]nc3c2C(c2cc(C)no2)CC(=O)N3)cc1. The number of nitrogens with zero attached hydrogens (tertiary/aromatic N) is 2. The Morgan fingerprint density at radius 2 is 2.08 bits per heavy atom. The molecule has 0 aliphatic carbocycles. The van der Waals surface area contributed by atoms with Gasteiger partial charge in [0.15, 0.2) is 5.82 Å². The van der Waals surface area contributed by atoms with E-state index in [2.05, 4.69) is 20.7 Å². The summed E-state index contributed by atoms with van der Waals surface area (Å²) in [6.07, 6.45) is 0.296. The molecule has 1 unspecified atom stereocenters. The summed E-state index contributed by atoms with van der Waals surface area (Å²) in [6, 6.07) is 9.53. The maximum absolute atomic E-state index is 12.0. The van der Waals surface area contributed by atoms with Gasteiger partial charge in [0.25, 0.3) is 0 Å². The predicted octanol–water partition coefficient (Wildman–Crippen LogP) is 2.86. The molecular weight excluding hydrogens is 308 g/mol. The molecule has 0 saturated carbocycles. The van der Waals surface area contributed by atoms with Gasteiger partial charge in [0.05, 0.1) is 24.4 Å². The monoisotopic (exact) mass is 324 g/mol. The van der Waals surface area contributed by atoms with Gasteiger partial charge in [-0.1, -0.05) is 5.16 Å². The van der Waals surface area contributed by atoms with Crippen LogP contribution in [0, 0.1) is 6.92 Å². The molecule has 122 valence electrons. The first kappa shape index (κ1) is 14.5. The molecule has 7 nitrogen and oxygen atoms in total. The average Bonchev–Trinajstić information content (AvgIpc) is 3.20. The van der Waals surface area contributed by atoms with Crippen molar-refractivity contribution in [3.63, 3.8) is 0 Å². The molecule has 0 spiro atoms. The molecule has 2 N–H and O–H groups in total. The van der Waals surface area contributed by atoms with Gasteiger partial charge in [0, 0.05) is 23.6 Å². The molecule has 1 aliphatic rings. The molecular formula is C17H16N4O3. The van der Waals surface area contributed by atoms with E-state index in [9.17, 15) is 4.79 Å². The summed E-state index contributed by atoms with van der Waals surface area (Å²) in [7, 11) is 1.63. The van der Waals surface area contributed by atoms with Gasteiger partial charge in [-0.25, -0.2) is 0 Å². The summed E-state index contributed by atoms with van der Waals surface area (Å²) in [5.41, 5.74) is 3.51. The third-order valence-corrected chi connectivity index (χ3v) is 4.17. The normalized spacial score (nSPS) is 16.6. The van der Waals surface area contributed by atoms with E-state index in [1.54, 1.807) is 7.11 Å². The van der Waals surface area contributed by atoms with Crippen LogP contribution >= 0.6 is 0 Å². The summed E-state index contributed by atoms with van der Waals surface area (Å²) in [6.45, 7) is 1.86. The lowest BCUT2D eigenvalue weighted by Gasteiger charge is -2.20. The number of benzene rings is 1. The van der Waals surface area contributed by atoms with E-state index in [0.29, 0.717) is 18.0 Å². The fourth-order valence-electron chi connectivity index (χ4n) is 3.02. The van der Waals surface area contributed by atoms with Crippen LogP contribution in [0.2, 0.25) is 0 Å². The summed E-state index contributed by atoms with van der Waals surface area (Å²) in [4.78, 5) is 12.0. The standard InChI is InChI=1S/C17H16N4O3/c1-9-7-13(24-21-9)12-8-14(22)18-17-15(12)16(19-20-17)10-3-5-11(23-2)6-4-10/h3-7,12H,8H2,1-2H3,(H2,18,19,20,22). The molecule has 3 aromatic rings. The molecule has 1 aromatic carbocycles. The van der Waals surface area contributed by atoms with Crippen LogP contribution in [0.25, 0.3) is 11.3 Å². The minimum absolute atomic E-state index is 0.0886. The number of hydrogen-bond acceptors (Lipinski definition) is 5. The first-order chi connectivity index (χ1) is 11.7. The molecule has 3 heterocycles. The second-order valence-electron chi connectivity index (χ2n) is 5.76. The van der Waals surface area contributed by atoms with Gasteiger partial charge in [0.1, 0.15) is 11.5 Å². The summed E-state index contributed by atoms with van der Waals surface area (Å²) >= 11 is 0. The highest BCUT2D eigenvalue weighted by Crippen LogP contribution is 2.41. The largest absolute Gasteiger partial charge is 0.497 e. The Hall–Kier alpha value is -3.09. The van der Waals surface area contributed by atoms with E-state index < -0.39 is 0 Å². The van der Waals surface area contributed by atoms with Crippen LogP contribution in [-0.4, -0.2) is 28.4 Å². The van der Waals surface area contributed by atoms with Crippen molar-refractivity contribution >= 4 is 11.7 Å². The Kier molecular flexibility index (Phi) is 3.34. The number of methoxy groups -OCH3 is 1. The minimum Gasteiger partial charge on any atom is -0.497 e. The molecule has 24 heavy (non-hydrogen) atoms. The summed E-state index contributed by atoms with van der Waals surface area (Å²) in [5, 5.41) is 14.0. The van der Waals surface area contributed by atoms with Gasteiger partial charge in [-0.3, -0.25) is 9.89 Å². The topological polar surface area (TPSA) is 93.0 Å². The van der Waals surface area contributed by atoms with E-state index >= 15 is 0 Å². The van der Waals surface area contributed by atoms with Gasteiger partial charge in [0.2, 0.25) is 5.91 Å².